The molecule has 1 aromatic rings. The van der Waals surface area contributed by atoms with Gasteiger partial charge in [-0.05, 0) is 65.4 Å². The largest absolute Gasteiger partial charge is 0.444 e. The molecule has 1 heterocycles. The van der Waals surface area contributed by atoms with E-state index in [1.165, 1.54) is 12.1 Å². The van der Waals surface area contributed by atoms with Gasteiger partial charge in [0.05, 0.1) is 12.0 Å². The van der Waals surface area contributed by atoms with Crippen LogP contribution in [0.15, 0.2) is 24.3 Å². The Morgan fingerprint density at radius 2 is 2.07 bits per heavy atom. The predicted molar refractivity (Wildman–Crippen MR) is 106 cm³/mol. The van der Waals surface area contributed by atoms with Gasteiger partial charge in [0.2, 0.25) is 5.91 Å². The quantitative estimate of drug-likeness (QED) is 0.835. The molecular weight excluding hydrogens is 361 g/mol. The summed E-state index contributed by atoms with van der Waals surface area (Å²) in [5, 5.41) is 2.98. The highest BCUT2D eigenvalue weighted by Gasteiger charge is 2.31. The zero-order valence-electron chi connectivity index (χ0n) is 17.5. The van der Waals surface area contributed by atoms with Crippen molar-refractivity contribution in [2.75, 3.05) is 33.7 Å². The number of carbonyl (C=O) groups excluding carboxylic acids is 2. The van der Waals surface area contributed by atoms with Gasteiger partial charge in [0.1, 0.15) is 11.4 Å². The molecule has 0 bridgehead atoms. The molecule has 1 aliphatic rings. The van der Waals surface area contributed by atoms with E-state index in [1.54, 1.807) is 11.0 Å². The minimum Gasteiger partial charge on any atom is -0.444 e. The van der Waals surface area contributed by atoms with Gasteiger partial charge >= 0.3 is 6.09 Å². The molecule has 2 amide bonds. The van der Waals surface area contributed by atoms with E-state index in [-0.39, 0.29) is 29.8 Å². The Morgan fingerprint density at radius 1 is 1.36 bits per heavy atom. The summed E-state index contributed by atoms with van der Waals surface area (Å²) >= 11 is 0. The monoisotopic (exact) mass is 393 g/mol. The van der Waals surface area contributed by atoms with Crippen LogP contribution in [0, 0.1) is 11.7 Å². The number of benzene rings is 1. The molecule has 2 rings (SSSR count). The average molecular weight is 394 g/mol. The zero-order chi connectivity index (χ0) is 20.9. The number of halogens is 1. The van der Waals surface area contributed by atoms with Crippen molar-refractivity contribution in [3.8, 4) is 0 Å². The fraction of sp³-hybridized carbons (Fsp3) is 0.619. The van der Waals surface area contributed by atoms with Crippen LogP contribution in [0.2, 0.25) is 0 Å². The van der Waals surface area contributed by atoms with E-state index in [4.69, 9.17) is 4.74 Å². The highest BCUT2D eigenvalue weighted by atomic mass is 19.1. The molecule has 2 atom stereocenters. The molecule has 1 N–H and O–H groups in total. The Kier molecular flexibility index (Phi) is 7.41. The highest BCUT2D eigenvalue weighted by molar-refractivity contribution is 5.80. The van der Waals surface area contributed by atoms with Crippen LogP contribution in [0.4, 0.5) is 9.18 Å². The number of rotatable bonds is 5. The smallest absolute Gasteiger partial charge is 0.410 e. The summed E-state index contributed by atoms with van der Waals surface area (Å²) in [6.45, 7) is 6.81. The van der Waals surface area contributed by atoms with E-state index in [9.17, 15) is 14.0 Å². The predicted octanol–water partition coefficient (Wildman–Crippen LogP) is 3.19. The fourth-order valence-electron chi connectivity index (χ4n) is 3.34. The Bertz CT molecular complexity index is 688. The van der Waals surface area contributed by atoms with Gasteiger partial charge in [-0.3, -0.25) is 4.79 Å². The second-order valence-corrected chi connectivity index (χ2v) is 8.55. The van der Waals surface area contributed by atoms with Gasteiger partial charge in [-0.15, -0.1) is 0 Å². The molecule has 0 radical (unpaired) electrons. The van der Waals surface area contributed by atoms with E-state index < -0.39 is 5.60 Å². The maximum absolute atomic E-state index is 13.6. The lowest BCUT2D eigenvalue weighted by Crippen LogP contribution is -2.47. The molecule has 0 aromatic heterocycles. The first-order chi connectivity index (χ1) is 13.1. The van der Waals surface area contributed by atoms with Crippen LogP contribution in [0.5, 0.6) is 0 Å². The van der Waals surface area contributed by atoms with Crippen LogP contribution >= 0.6 is 0 Å². The van der Waals surface area contributed by atoms with Gasteiger partial charge in [-0.25, -0.2) is 9.18 Å². The number of likely N-dealkylation sites (N-methyl/N-ethyl adjacent to an activating group) is 1. The summed E-state index contributed by atoms with van der Waals surface area (Å²) in [4.78, 5) is 28.5. The Morgan fingerprint density at radius 3 is 2.68 bits per heavy atom. The Balaban J connectivity index is 1.94. The third-order valence-corrected chi connectivity index (χ3v) is 4.77. The van der Waals surface area contributed by atoms with E-state index in [0.717, 1.165) is 18.4 Å². The van der Waals surface area contributed by atoms with Crippen molar-refractivity contribution in [3.05, 3.63) is 35.6 Å². The molecule has 1 saturated heterocycles. The maximum atomic E-state index is 13.6. The summed E-state index contributed by atoms with van der Waals surface area (Å²) in [5.41, 5.74) is 0.250. The fourth-order valence-corrected chi connectivity index (χ4v) is 3.34. The standard InChI is InChI=1S/C21H32FN3O3/c1-21(2,3)28-20(27)25-11-7-9-16(14-25)19(26)23-13-18(24(4)5)15-8-6-10-17(22)12-15/h6,8,10,12,16,18H,7,9,11,13-14H2,1-5H3,(H,23,26)/t16-,18-/m0/s1. The minimum atomic E-state index is -0.559. The summed E-state index contributed by atoms with van der Waals surface area (Å²) in [6.07, 6.45) is 1.12. The molecule has 6 nitrogen and oxygen atoms in total. The van der Waals surface area contributed by atoms with Crippen molar-refractivity contribution < 1.29 is 18.7 Å². The summed E-state index contributed by atoms with van der Waals surface area (Å²) < 4.78 is 19.0. The van der Waals surface area contributed by atoms with Crippen LogP contribution in [0.1, 0.15) is 45.2 Å². The molecule has 1 aromatic carbocycles. The van der Waals surface area contributed by atoms with Crippen LogP contribution < -0.4 is 5.32 Å². The summed E-state index contributed by atoms with van der Waals surface area (Å²) in [7, 11) is 3.79. The number of carbonyl (C=O) groups is 2. The molecule has 0 saturated carbocycles. The first-order valence-corrected chi connectivity index (χ1v) is 9.74. The van der Waals surface area contributed by atoms with E-state index in [0.29, 0.717) is 19.6 Å². The number of nitrogens with one attached hydrogen (secondary N) is 1. The first-order valence-electron chi connectivity index (χ1n) is 9.74. The Labute approximate surface area is 167 Å². The SMILES string of the molecule is CN(C)[C@@H](CNC(=O)[C@H]1CCCN(C(=O)OC(C)(C)C)C1)c1cccc(F)c1. The number of piperidine rings is 1. The summed E-state index contributed by atoms with van der Waals surface area (Å²) in [6, 6.07) is 6.28. The van der Waals surface area contributed by atoms with E-state index >= 15 is 0 Å². The second-order valence-electron chi connectivity index (χ2n) is 8.55. The van der Waals surface area contributed by atoms with Gasteiger partial charge in [0, 0.05) is 19.6 Å². The molecule has 7 heteroatoms. The molecule has 1 aliphatic heterocycles. The van der Waals surface area contributed by atoms with Crippen molar-refractivity contribution in [2.24, 2.45) is 5.92 Å². The number of hydrogen-bond donors (Lipinski definition) is 1. The molecule has 1 fully saturated rings. The van der Waals surface area contributed by atoms with Gasteiger partial charge in [-0.1, -0.05) is 12.1 Å². The van der Waals surface area contributed by atoms with Crippen molar-refractivity contribution >= 4 is 12.0 Å². The minimum absolute atomic E-state index is 0.0866. The number of ether oxygens (including phenoxy) is 1. The lowest BCUT2D eigenvalue weighted by molar-refractivity contribution is -0.126. The van der Waals surface area contributed by atoms with E-state index in [1.807, 2.05) is 45.8 Å². The topological polar surface area (TPSA) is 61.9 Å². The van der Waals surface area contributed by atoms with Gasteiger partial charge < -0.3 is 19.9 Å². The zero-order valence-corrected chi connectivity index (χ0v) is 17.5. The van der Waals surface area contributed by atoms with Crippen molar-refractivity contribution in [2.45, 2.75) is 45.3 Å². The second kappa shape index (κ2) is 9.37. The van der Waals surface area contributed by atoms with Crippen molar-refractivity contribution in [1.82, 2.24) is 15.1 Å². The molecule has 0 unspecified atom stereocenters. The van der Waals surface area contributed by atoms with Crippen LogP contribution in [0.25, 0.3) is 0 Å². The summed E-state index contributed by atoms with van der Waals surface area (Å²) in [5.74, 6) is -0.649. The van der Waals surface area contributed by atoms with Crippen LogP contribution in [0.3, 0.4) is 0 Å². The van der Waals surface area contributed by atoms with Crippen molar-refractivity contribution in [1.29, 1.82) is 0 Å². The van der Waals surface area contributed by atoms with Gasteiger partial charge in [-0.2, -0.15) is 0 Å². The van der Waals surface area contributed by atoms with Crippen LogP contribution in [-0.4, -0.2) is 61.1 Å². The molecule has 0 spiro atoms. The maximum Gasteiger partial charge on any atom is 0.410 e. The molecule has 156 valence electrons. The third kappa shape index (κ3) is 6.48. The normalized spacial score (nSPS) is 18.7. The van der Waals surface area contributed by atoms with Gasteiger partial charge in [0.25, 0.3) is 0 Å². The molecule has 28 heavy (non-hydrogen) atoms. The number of nitrogens with zero attached hydrogens (tertiary/aromatic N) is 2. The van der Waals surface area contributed by atoms with E-state index in [2.05, 4.69) is 5.32 Å². The van der Waals surface area contributed by atoms with Gasteiger partial charge in [0.15, 0.2) is 0 Å². The number of hydrogen-bond acceptors (Lipinski definition) is 4. The van der Waals surface area contributed by atoms with Crippen molar-refractivity contribution in [3.63, 3.8) is 0 Å². The Hall–Kier alpha value is -2.15. The molecular formula is C21H32FN3O3. The first kappa shape index (κ1) is 22.1. The third-order valence-electron chi connectivity index (χ3n) is 4.77. The number of amides is 2. The molecule has 0 aliphatic carbocycles. The van der Waals surface area contributed by atoms with Crippen LogP contribution in [-0.2, 0) is 9.53 Å². The number of likely N-dealkylation sites (tertiary alicyclic amines) is 1. The lowest BCUT2D eigenvalue weighted by atomic mass is 9.97. The highest BCUT2D eigenvalue weighted by Crippen LogP contribution is 2.21. The average Bonchev–Trinajstić information content (AvgIpc) is 2.60. The lowest BCUT2D eigenvalue weighted by Gasteiger charge is -2.34.